The van der Waals surface area contributed by atoms with Crippen molar-refractivity contribution < 1.29 is 4.74 Å². The zero-order valence-corrected chi connectivity index (χ0v) is 14.3. The number of fused-ring (bicyclic) bond motifs is 3. The number of aromatic nitrogens is 2. The highest BCUT2D eigenvalue weighted by atomic mass is 16.5. The van der Waals surface area contributed by atoms with E-state index in [4.69, 9.17) is 9.72 Å². The molecule has 0 aliphatic carbocycles. The summed E-state index contributed by atoms with van der Waals surface area (Å²) >= 11 is 0. The standard InChI is InChI=1S/C20H20N4O/c1-3-10-25-15-8-9-23(13-15)19-11-14(2)16(12-21)20-22-17-6-4-5-7-18(17)24(19)20/h3-7,11,15H,1,8-10,13H2,2H3. The van der Waals surface area contributed by atoms with E-state index in [0.717, 1.165) is 47.6 Å². The number of anilines is 1. The number of hydrogen-bond donors (Lipinski definition) is 0. The van der Waals surface area contributed by atoms with Crippen LogP contribution in [0.2, 0.25) is 0 Å². The van der Waals surface area contributed by atoms with Crippen molar-refractivity contribution in [1.29, 1.82) is 5.26 Å². The predicted octanol–water partition coefficient (Wildman–Crippen LogP) is 3.45. The third kappa shape index (κ3) is 2.55. The molecule has 5 nitrogen and oxygen atoms in total. The lowest BCUT2D eigenvalue weighted by Crippen LogP contribution is -2.25. The molecule has 0 bridgehead atoms. The van der Waals surface area contributed by atoms with Crippen molar-refractivity contribution in [2.24, 2.45) is 0 Å². The van der Waals surface area contributed by atoms with Crippen LogP contribution in [0.3, 0.4) is 0 Å². The van der Waals surface area contributed by atoms with Crippen molar-refractivity contribution in [3.8, 4) is 6.07 Å². The van der Waals surface area contributed by atoms with E-state index < -0.39 is 0 Å². The summed E-state index contributed by atoms with van der Waals surface area (Å²) in [5.41, 5.74) is 4.26. The Morgan fingerprint density at radius 1 is 1.44 bits per heavy atom. The van der Waals surface area contributed by atoms with Crippen molar-refractivity contribution in [2.75, 3.05) is 24.6 Å². The van der Waals surface area contributed by atoms with Gasteiger partial charge in [0.2, 0.25) is 0 Å². The van der Waals surface area contributed by atoms with Crippen molar-refractivity contribution in [2.45, 2.75) is 19.4 Å². The van der Waals surface area contributed by atoms with Gasteiger partial charge in [-0.2, -0.15) is 5.26 Å². The SMILES string of the molecule is C=CCOC1CCN(c2cc(C)c(C#N)c3nc4ccccc4n23)C1. The second-order valence-corrected chi connectivity index (χ2v) is 6.41. The number of ether oxygens (including phenoxy) is 1. The number of nitriles is 1. The van der Waals surface area contributed by atoms with Gasteiger partial charge in [0.15, 0.2) is 5.65 Å². The Balaban J connectivity index is 1.87. The van der Waals surface area contributed by atoms with Gasteiger partial charge in [0, 0.05) is 13.1 Å². The number of nitrogens with zero attached hydrogens (tertiary/aromatic N) is 4. The second-order valence-electron chi connectivity index (χ2n) is 6.41. The molecule has 0 N–H and O–H groups in total. The fraction of sp³-hybridized carbons (Fsp3) is 0.300. The zero-order chi connectivity index (χ0) is 17.4. The molecule has 2 aromatic heterocycles. The van der Waals surface area contributed by atoms with Gasteiger partial charge in [0.05, 0.1) is 29.3 Å². The van der Waals surface area contributed by atoms with Crippen LogP contribution in [0.5, 0.6) is 0 Å². The molecule has 1 fully saturated rings. The van der Waals surface area contributed by atoms with Gasteiger partial charge < -0.3 is 9.64 Å². The molecule has 25 heavy (non-hydrogen) atoms. The molecule has 3 heterocycles. The van der Waals surface area contributed by atoms with E-state index in [1.165, 1.54) is 0 Å². The van der Waals surface area contributed by atoms with Gasteiger partial charge in [0.25, 0.3) is 0 Å². The van der Waals surface area contributed by atoms with Crippen LogP contribution in [0.15, 0.2) is 43.0 Å². The van der Waals surface area contributed by atoms with Crippen LogP contribution >= 0.6 is 0 Å². The van der Waals surface area contributed by atoms with Crippen LogP contribution in [-0.4, -0.2) is 35.2 Å². The molecule has 1 saturated heterocycles. The Morgan fingerprint density at radius 3 is 3.08 bits per heavy atom. The monoisotopic (exact) mass is 332 g/mol. The zero-order valence-electron chi connectivity index (χ0n) is 14.3. The molecule has 1 atom stereocenters. The van der Waals surface area contributed by atoms with Crippen LogP contribution in [0, 0.1) is 18.3 Å². The smallest absolute Gasteiger partial charge is 0.157 e. The van der Waals surface area contributed by atoms with Gasteiger partial charge in [-0.25, -0.2) is 4.98 Å². The van der Waals surface area contributed by atoms with Crippen molar-refractivity contribution in [3.05, 3.63) is 54.1 Å². The first-order valence-corrected chi connectivity index (χ1v) is 8.51. The average Bonchev–Trinajstić information content (AvgIpc) is 3.24. The highest BCUT2D eigenvalue weighted by Crippen LogP contribution is 2.30. The van der Waals surface area contributed by atoms with E-state index in [1.807, 2.05) is 25.1 Å². The maximum Gasteiger partial charge on any atom is 0.157 e. The van der Waals surface area contributed by atoms with E-state index in [0.29, 0.717) is 12.2 Å². The normalized spacial score (nSPS) is 17.3. The minimum Gasteiger partial charge on any atom is -0.372 e. The quantitative estimate of drug-likeness (QED) is 0.687. The lowest BCUT2D eigenvalue weighted by atomic mass is 10.1. The summed E-state index contributed by atoms with van der Waals surface area (Å²) < 4.78 is 7.93. The van der Waals surface area contributed by atoms with Gasteiger partial charge >= 0.3 is 0 Å². The minimum absolute atomic E-state index is 0.207. The summed E-state index contributed by atoms with van der Waals surface area (Å²) in [5.74, 6) is 1.07. The molecule has 0 saturated carbocycles. The summed E-state index contributed by atoms with van der Waals surface area (Å²) in [6.07, 6.45) is 2.98. The number of pyridine rings is 1. The average molecular weight is 332 g/mol. The molecule has 1 aliphatic rings. The molecule has 0 spiro atoms. The highest BCUT2D eigenvalue weighted by Gasteiger charge is 2.26. The number of rotatable bonds is 4. The predicted molar refractivity (Wildman–Crippen MR) is 98.9 cm³/mol. The topological polar surface area (TPSA) is 53.6 Å². The molecule has 4 rings (SSSR count). The Labute approximate surface area is 146 Å². The first kappa shape index (κ1) is 15.7. The fourth-order valence-electron chi connectivity index (χ4n) is 3.58. The second kappa shape index (κ2) is 6.23. The highest BCUT2D eigenvalue weighted by molar-refractivity contribution is 5.85. The lowest BCUT2D eigenvalue weighted by Gasteiger charge is -2.21. The summed E-state index contributed by atoms with van der Waals surface area (Å²) in [6, 6.07) is 12.4. The van der Waals surface area contributed by atoms with Crippen molar-refractivity contribution >= 4 is 22.5 Å². The third-order valence-corrected chi connectivity index (χ3v) is 4.78. The molecule has 0 radical (unpaired) electrons. The van der Waals surface area contributed by atoms with Crippen LogP contribution in [0.1, 0.15) is 17.5 Å². The van der Waals surface area contributed by atoms with E-state index in [1.54, 1.807) is 6.08 Å². The van der Waals surface area contributed by atoms with Gasteiger partial charge in [-0.3, -0.25) is 4.40 Å². The van der Waals surface area contributed by atoms with Crippen LogP contribution in [-0.2, 0) is 4.74 Å². The Hall–Kier alpha value is -2.84. The van der Waals surface area contributed by atoms with E-state index in [-0.39, 0.29) is 6.10 Å². The first-order valence-electron chi connectivity index (χ1n) is 8.51. The Morgan fingerprint density at radius 2 is 2.28 bits per heavy atom. The van der Waals surface area contributed by atoms with E-state index in [2.05, 4.69) is 34.1 Å². The van der Waals surface area contributed by atoms with E-state index >= 15 is 0 Å². The Bertz CT molecular complexity index is 998. The van der Waals surface area contributed by atoms with Gasteiger partial charge in [-0.1, -0.05) is 18.2 Å². The molecule has 126 valence electrons. The van der Waals surface area contributed by atoms with Crippen molar-refractivity contribution in [1.82, 2.24) is 9.38 Å². The fourth-order valence-corrected chi connectivity index (χ4v) is 3.58. The largest absolute Gasteiger partial charge is 0.372 e. The number of aryl methyl sites for hydroxylation is 1. The summed E-state index contributed by atoms with van der Waals surface area (Å²) in [4.78, 5) is 7.04. The number of hydrogen-bond acceptors (Lipinski definition) is 4. The van der Waals surface area contributed by atoms with Gasteiger partial charge in [0.1, 0.15) is 11.9 Å². The first-order chi connectivity index (χ1) is 12.2. The molecular weight excluding hydrogens is 312 g/mol. The van der Waals surface area contributed by atoms with Crippen LogP contribution < -0.4 is 4.90 Å². The minimum atomic E-state index is 0.207. The number of imidazole rings is 1. The Kier molecular flexibility index (Phi) is 3.90. The molecule has 1 aromatic carbocycles. The van der Waals surface area contributed by atoms with Crippen molar-refractivity contribution in [3.63, 3.8) is 0 Å². The summed E-state index contributed by atoms with van der Waals surface area (Å²) in [7, 11) is 0. The maximum absolute atomic E-state index is 9.59. The summed E-state index contributed by atoms with van der Waals surface area (Å²) in [6.45, 7) is 8.03. The number of benzene rings is 1. The van der Waals surface area contributed by atoms with Crippen LogP contribution in [0.25, 0.3) is 16.7 Å². The molecule has 1 unspecified atom stereocenters. The lowest BCUT2D eigenvalue weighted by molar-refractivity contribution is 0.0909. The van der Waals surface area contributed by atoms with Gasteiger partial charge in [-0.05, 0) is 37.1 Å². The molecule has 3 aromatic rings. The molecule has 1 aliphatic heterocycles. The number of para-hydroxylation sites is 2. The molecule has 5 heteroatoms. The third-order valence-electron chi connectivity index (χ3n) is 4.78. The van der Waals surface area contributed by atoms with Crippen LogP contribution in [0.4, 0.5) is 5.82 Å². The van der Waals surface area contributed by atoms with E-state index in [9.17, 15) is 5.26 Å². The maximum atomic E-state index is 9.59. The summed E-state index contributed by atoms with van der Waals surface area (Å²) in [5, 5.41) is 9.59. The molecule has 0 amide bonds. The van der Waals surface area contributed by atoms with Gasteiger partial charge in [-0.15, -0.1) is 6.58 Å². The molecular formula is C20H20N4O.